The summed E-state index contributed by atoms with van der Waals surface area (Å²) in [7, 11) is -2.49. The van der Waals surface area contributed by atoms with Crippen LogP contribution in [0.2, 0.25) is 0 Å². The van der Waals surface area contributed by atoms with E-state index in [1.165, 1.54) is 0 Å². The van der Waals surface area contributed by atoms with Gasteiger partial charge in [-0.3, -0.25) is 0 Å². The van der Waals surface area contributed by atoms with Crippen LogP contribution in [-0.4, -0.2) is 16.9 Å². The molecule has 0 atom stereocenters. The van der Waals surface area contributed by atoms with Gasteiger partial charge >= 0.3 is 35.0 Å². The Morgan fingerprint density at radius 2 is 1.83 bits per heavy atom. The maximum absolute atomic E-state index is 8.08. The van der Waals surface area contributed by atoms with Gasteiger partial charge in [-0.05, 0) is 0 Å². The van der Waals surface area contributed by atoms with Gasteiger partial charge in [-0.25, -0.2) is 0 Å². The van der Waals surface area contributed by atoms with E-state index in [-0.39, 0.29) is 0 Å². The summed E-state index contributed by atoms with van der Waals surface area (Å²) in [6.07, 6.45) is 0. The van der Waals surface area contributed by atoms with Crippen LogP contribution in [-0.2, 0) is 4.52 Å². The van der Waals surface area contributed by atoms with E-state index in [4.69, 9.17) is 9.79 Å². The fraction of sp³-hybridized carbons (Fsp3) is 1.00. The zero-order valence-corrected chi connectivity index (χ0v) is 4.38. The molecule has 40 valence electrons. The predicted octanol–water partition coefficient (Wildman–Crippen LogP) is -1.01. The molecule has 0 radical (unpaired) electrons. The summed E-state index contributed by atoms with van der Waals surface area (Å²) in [6, 6.07) is 0. The third-order valence-corrected chi connectivity index (χ3v) is 0.901. The quantitative estimate of drug-likeness (QED) is 0.380. The average Bonchev–Trinajstić information content (AvgIpc) is 1.35. The second-order valence-electron chi connectivity index (χ2n) is 0.863. The minimum absolute atomic E-state index is 1.15. The van der Waals surface area contributed by atoms with E-state index < -0.39 is 8.09 Å². The molecule has 0 aliphatic carbocycles. The molecular weight excluding hydrogens is 105 g/mol. The summed E-state index contributed by atoms with van der Waals surface area (Å²) in [5.74, 6) is 0. The molecule has 0 aromatic heterocycles. The Morgan fingerprint density at radius 1 is 1.67 bits per heavy atom. The first-order valence-corrected chi connectivity index (χ1v) is 3.23. The Bertz CT molecular complexity index is 40.5. The van der Waals surface area contributed by atoms with Gasteiger partial charge in [-0.15, -0.1) is 0 Å². The van der Waals surface area contributed by atoms with Crippen molar-refractivity contribution in [2.45, 2.75) is 0 Å². The Hall–Kier alpha value is 0.270. The minimum atomic E-state index is -3.63. The maximum atomic E-state index is 8.08. The number of rotatable bonds is 1. The Kier molecular flexibility index (Phi) is 1.90. The SMILES string of the molecule is CO[PH](N)(O)O. The predicted molar refractivity (Wildman–Crippen MR) is 23.9 cm³/mol. The normalized spacial score (nSPS) is 14.7. The van der Waals surface area contributed by atoms with Crippen molar-refractivity contribution in [3.63, 3.8) is 0 Å². The van der Waals surface area contributed by atoms with Gasteiger partial charge < -0.3 is 0 Å². The fourth-order valence-corrected chi connectivity index (χ4v) is 0. The summed E-state index contributed by atoms with van der Waals surface area (Å²) in [5.41, 5.74) is 4.56. The second-order valence-corrected chi connectivity index (χ2v) is 2.59. The Labute approximate surface area is 36.2 Å². The van der Waals surface area contributed by atoms with Gasteiger partial charge in [0, 0.05) is 0 Å². The van der Waals surface area contributed by atoms with E-state index in [1.807, 2.05) is 0 Å². The van der Waals surface area contributed by atoms with Crippen LogP contribution in [0.1, 0.15) is 0 Å². The third kappa shape index (κ3) is 4.27. The fourth-order valence-electron chi connectivity index (χ4n) is 0. The molecule has 0 amide bonds. The first-order valence-electron chi connectivity index (χ1n) is 1.35. The Balaban J connectivity index is 3.17. The monoisotopic (exact) mass is 113 g/mol. The van der Waals surface area contributed by atoms with Gasteiger partial charge in [0.1, 0.15) is 0 Å². The molecule has 0 spiro atoms. The topological polar surface area (TPSA) is 75.7 Å². The molecule has 0 saturated heterocycles. The van der Waals surface area contributed by atoms with Crippen LogP contribution in [0.5, 0.6) is 0 Å². The van der Waals surface area contributed by atoms with Crippen molar-refractivity contribution >= 4 is 8.09 Å². The van der Waals surface area contributed by atoms with Gasteiger partial charge in [0.2, 0.25) is 0 Å². The van der Waals surface area contributed by atoms with Crippen molar-refractivity contribution in [3.8, 4) is 0 Å². The van der Waals surface area contributed by atoms with E-state index in [1.54, 1.807) is 0 Å². The molecule has 0 aromatic rings. The van der Waals surface area contributed by atoms with Crippen molar-refractivity contribution in [2.75, 3.05) is 7.11 Å². The van der Waals surface area contributed by atoms with E-state index in [9.17, 15) is 0 Å². The summed E-state index contributed by atoms with van der Waals surface area (Å²) in [4.78, 5) is 16.2. The van der Waals surface area contributed by atoms with Crippen molar-refractivity contribution < 1.29 is 14.3 Å². The van der Waals surface area contributed by atoms with Crippen LogP contribution < -0.4 is 5.50 Å². The first kappa shape index (κ1) is 6.27. The molecule has 0 saturated carbocycles. The van der Waals surface area contributed by atoms with Crippen LogP contribution in [0.15, 0.2) is 0 Å². The van der Waals surface area contributed by atoms with E-state index >= 15 is 0 Å². The van der Waals surface area contributed by atoms with E-state index in [0.717, 1.165) is 7.11 Å². The molecule has 0 rings (SSSR count). The number of hydrogen-bond acceptors (Lipinski definition) is 4. The summed E-state index contributed by atoms with van der Waals surface area (Å²) < 4.78 is 3.97. The summed E-state index contributed by atoms with van der Waals surface area (Å²) in [6.45, 7) is 0. The molecule has 0 heterocycles. The standard InChI is InChI=1S/CH8NO3P/c1-5-6(2,3)4/h3-4,6H,2H2,1H3. The van der Waals surface area contributed by atoms with Gasteiger partial charge in [-0.2, -0.15) is 0 Å². The molecule has 4 nitrogen and oxygen atoms in total. The van der Waals surface area contributed by atoms with Gasteiger partial charge in [0.05, 0.1) is 0 Å². The summed E-state index contributed by atoms with van der Waals surface area (Å²) in [5, 5.41) is 0. The van der Waals surface area contributed by atoms with Gasteiger partial charge in [-0.1, -0.05) is 0 Å². The molecule has 0 fully saturated rings. The summed E-state index contributed by atoms with van der Waals surface area (Å²) >= 11 is 0. The molecule has 0 unspecified atom stereocenters. The number of nitrogens with two attached hydrogens (primary N) is 1. The van der Waals surface area contributed by atoms with E-state index in [0.29, 0.717) is 0 Å². The number of hydrogen-bond donors (Lipinski definition) is 3. The average molecular weight is 113 g/mol. The van der Waals surface area contributed by atoms with Crippen LogP contribution in [0.25, 0.3) is 0 Å². The van der Waals surface area contributed by atoms with E-state index in [2.05, 4.69) is 10.0 Å². The zero-order chi connectivity index (χ0) is 5.21. The molecule has 0 aliphatic heterocycles. The molecule has 6 heavy (non-hydrogen) atoms. The molecule has 5 heteroatoms. The molecule has 0 bridgehead atoms. The van der Waals surface area contributed by atoms with Crippen molar-refractivity contribution in [3.05, 3.63) is 0 Å². The van der Waals surface area contributed by atoms with Gasteiger partial charge in [0.15, 0.2) is 0 Å². The molecule has 0 aliphatic rings. The van der Waals surface area contributed by atoms with Crippen LogP contribution >= 0.6 is 8.09 Å². The molecule has 0 aromatic carbocycles. The van der Waals surface area contributed by atoms with Crippen LogP contribution in [0, 0.1) is 0 Å². The first-order chi connectivity index (χ1) is 2.56. The van der Waals surface area contributed by atoms with Crippen molar-refractivity contribution in [1.82, 2.24) is 0 Å². The second kappa shape index (κ2) is 1.82. The Morgan fingerprint density at radius 3 is 1.83 bits per heavy atom. The van der Waals surface area contributed by atoms with Crippen molar-refractivity contribution in [2.24, 2.45) is 5.50 Å². The molecular formula is CH8NO3P. The van der Waals surface area contributed by atoms with Crippen molar-refractivity contribution in [1.29, 1.82) is 0 Å². The third-order valence-electron chi connectivity index (χ3n) is 0.300. The van der Waals surface area contributed by atoms with Crippen LogP contribution in [0.4, 0.5) is 0 Å². The zero-order valence-electron chi connectivity index (χ0n) is 3.38. The van der Waals surface area contributed by atoms with Crippen LogP contribution in [0.3, 0.4) is 0 Å². The molecule has 4 N–H and O–H groups in total. The van der Waals surface area contributed by atoms with Gasteiger partial charge in [0.25, 0.3) is 0 Å².